The lowest BCUT2D eigenvalue weighted by molar-refractivity contribution is 1.31. The minimum Gasteiger partial charge on any atom is -0.253 e. The lowest BCUT2D eigenvalue weighted by Crippen LogP contribution is -1.84. The van der Waals surface area contributed by atoms with Gasteiger partial charge in [0.1, 0.15) is 5.15 Å². The molecular formula is C8H3BrCl2N2. The predicted octanol–water partition coefficient (Wildman–Crippen LogP) is 3.70. The molecule has 0 amide bonds. The zero-order chi connectivity index (χ0) is 9.42. The third-order valence-electron chi connectivity index (χ3n) is 1.59. The van der Waals surface area contributed by atoms with Gasteiger partial charge >= 0.3 is 0 Å². The van der Waals surface area contributed by atoms with E-state index >= 15 is 0 Å². The van der Waals surface area contributed by atoms with E-state index < -0.39 is 0 Å². The minimum absolute atomic E-state index is 0.410. The van der Waals surface area contributed by atoms with Crippen molar-refractivity contribution in [2.75, 3.05) is 0 Å². The van der Waals surface area contributed by atoms with Gasteiger partial charge in [-0.25, -0.2) is 4.98 Å². The summed E-state index contributed by atoms with van der Waals surface area (Å²) in [5.41, 5.74) is 0.768. The van der Waals surface area contributed by atoms with Crippen molar-refractivity contribution in [2.45, 2.75) is 0 Å². The SMILES string of the molecule is Clc1cnc2c(Br)cnc(Cl)c2c1. The monoisotopic (exact) mass is 276 g/mol. The van der Waals surface area contributed by atoms with Crippen LogP contribution in [0.15, 0.2) is 22.9 Å². The number of fused-ring (bicyclic) bond motifs is 1. The van der Waals surface area contributed by atoms with Crippen LogP contribution in [-0.2, 0) is 0 Å². The second-order valence-electron chi connectivity index (χ2n) is 2.45. The molecule has 66 valence electrons. The maximum atomic E-state index is 5.87. The van der Waals surface area contributed by atoms with E-state index in [4.69, 9.17) is 23.2 Å². The largest absolute Gasteiger partial charge is 0.253 e. The van der Waals surface area contributed by atoms with Crippen molar-refractivity contribution in [3.63, 3.8) is 0 Å². The summed E-state index contributed by atoms with van der Waals surface area (Å²) in [7, 11) is 0. The van der Waals surface area contributed by atoms with Crippen LogP contribution in [0.2, 0.25) is 10.2 Å². The fraction of sp³-hybridized carbons (Fsp3) is 0. The van der Waals surface area contributed by atoms with Crippen molar-refractivity contribution in [1.82, 2.24) is 9.97 Å². The molecule has 0 atom stereocenters. The van der Waals surface area contributed by atoms with Crippen molar-refractivity contribution in [1.29, 1.82) is 0 Å². The van der Waals surface area contributed by atoms with Gasteiger partial charge in [-0.2, -0.15) is 0 Å². The van der Waals surface area contributed by atoms with Gasteiger partial charge in [0.05, 0.1) is 15.0 Å². The zero-order valence-corrected chi connectivity index (χ0v) is 9.36. The number of halogens is 3. The van der Waals surface area contributed by atoms with E-state index in [1.807, 2.05) is 0 Å². The van der Waals surface area contributed by atoms with E-state index in [-0.39, 0.29) is 0 Å². The van der Waals surface area contributed by atoms with Crippen LogP contribution < -0.4 is 0 Å². The number of hydrogen-bond acceptors (Lipinski definition) is 2. The van der Waals surface area contributed by atoms with Crippen LogP contribution in [0, 0.1) is 0 Å². The second kappa shape index (κ2) is 3.40. The highest BCUT2D eigenvalue weighted by atomic mass is 79.9. The Kier molecular flexibility index (Phi) is 2.41. The molecule has 0 aliphatic carbocycles. The highest BCUT2D eigenvalue weighted by Crippen LogP contribution is 2.27. The molecule has 0 spiro atoms. The smallest absolute Gasteiger partial charge is 0.138 e. The maximum Gasteiger partial charge on any atom is 0.138 e. The summed E-state index contributed by atoms with van der Waals surface area (Å²) >= 11 is 15.0. The summed E-state index contributed by atoms with van der Waals surface area (Å²) < 4.78 is 0.809. The molecule has 0 aliphatic heterocycles. The van der Waals surface area contributed by atoms with Gasteiger partial charge in [0, 0.05) is 17.8 Å². The quantitative estimate of drug-likeness (QED) is 0.686. The summed E-state index contributed by atoms with van der Waals surface area (Å²) in [6, 6.07) is 1.74. The summed E-state index contributed by atoms with van der Waals surface area (Å²) in [4.78, 5) is 8.11. The highest BCUT2D eigenvalue weighted by Gasteiger charge is 2.05. The molecule has 2 aromatic heterocycles. The van der Waals surface area contributed by atoms with Crippen molar-refractivity contribution >= 4 is 50.0 Å². The van der Waals surface area contributed by atoms with Crippen LogP contribution >= 0.6 is 39.1 Å². The van der Waals surface area contributed by atoms with Gasteiger partial charge in [-0.1, -0.05) is 23.2 Å². The van der Waals surface area contributed by atoms with Gasteiger partial charge in [0.15, 0.2) is 0 Å². The van der Waals surface area contributed by atoms with Gasteiger partial charge in [-0.05, 0) is 22.0 Å². The number of aromatic nitrogens is 2. The lowest BCUT2D eigenvalue weighted by Gasteiger charge is -2.00. The Morgan fingerprint density at radius 3 is 2.69 bits per heavy atom. The fourth-order valence-corrected chi connectivity index (χ4v) is 1.80. The van der Waals surface area contributed by atoms with E-state index in [0.717, 1.165) is 15.4 Å². The van der Waals surface area contributed by atoms with Gasteiger partial charge in [-0.3, -0.25) is 4.98 Å². The molecule has 2 aromatic rings. The zero-order valence-electron chi connectivity index (χ0n) is 6.26. The van der Waals surface area contributed by atoms with E-state index in [0.29, 0.717) is 10.2 Å². The molecule has 0 saturated carbocycles. The Labute approximate surface area is 93.0 Å². The van der Waals surface area contributed by atoms with Gasteiger partial charge in [-0.15, -0.1) is 0 Å². The summed E-state index contributed by atoms with van der Waals surface area (Å²) in [6.45, 7) is 0. The lowest BCUT2D eigenvalue weighted by atomic mass is 10.3. The standard InChI is InChI=1S/C8H3BrCl2N2/c9-6-3-13-8(11)5-1-4(10)2-12-7(5)6/h1-3H. The van der Waals surface area contributed by atoms with E-state index in [1.165, 1.54) is 0 Å². The summed E-state index contributed by atoms with van der Waals surface area (Å²) in [5.74, 6) is 0. The molecular weight excluding hydrogens is 275 g/mol. The number of nitrogens with zero attached hydrogens (tertiary/aromatic N) is 2. The molecule has 0 saturated heterocycles. The molecule has 2 rings (SSSR count). The van der Waals surface area contributed by atoms with Crippen LogP contribution in [-0.4, -0.2) is 9.97 Å². The number of hydrogen-bond donors (Lipinski definition) is 0. The first-order valence-electron chi connectivity index (χ1n) is 3.44. The molecule has 0 aliphatic rings. The van der Waals surface area contributed by atoms with Crippen LogP contribution in [0.4, 0.5) is 0 Å². The Morgan fingerprint density at radius 2 is 1.92 bits per heavy atom. The molecule has 0 bridgehead atoms. The Morgan fingerprint density at radius 1 is 1.15 bits per heavy atom. The van der Waals surface area contributed by atoms with E-state index in [2.05, 4.69) is 25.9 Å². The maximum absolute atomic E-state index is 5.87. The van der Waals surface area contributed by atoms with Crippen molar-refractivity contribution in [3.8, 4) is 0 Å². The first kappa shape index (κ1) is 9.19. The van der Waals surface area contributed by atoms with Crippen LogP contribution in [0.3, 0.4) is 0 Å². The third-order valence-corrected chi connectivity index (χ3v) is 2.68. The highest BCUT2D eigenvalue weighted by molar-refractivity contribution is 9.10. The molecule has 0 N–H and O–H groups in total. The summed E-state index contributed by atoms with van der Waals surface area (Å²) in [6.07, 6.45) is 3.19. The van der Waals surface area contributed by atoms with Crippen molar-refractivity contribution in [3.05, 3.63) is 33.1 Å². The molecule has 13 heavy (non-hydrogen) atoms. The Bertz CT molecular complexity index is 473. The fourth-order valence-electron chi connectivity index (χ4n) is 1.03. The van der Waals surface area contributed by atoms with E-state index in [9.17, 15) is 0 Å². The van der Waals surface area contributed by atoms with Gasteiger partial charge < -0.3 is 0 Å². The molecule has 5 heteroatoms. The predicted molar refractivity (Wildman–Crippen MR) is 57.3 cm³/mol. The average Bonchev–Trinajstić information content (AvgIpc) is 2.12. The Hall–Kier alpha value is -0.380. The van der Waals surface area contributed by atoms with E-state index in [1.54, 1.807) is 18.5 Å². The first-order chi connectivity index (χ1) is 6.18. The molecule has 0 radical (unpaired) electrons. The molecule has 2 nitrogen and oxygen atoms in total. The normalized spacial score (nSPS) is 10.7. The van der Waals surface area contributed by atoms with Gasteiger partial charge in [0.2, 0.25) is 0 Å². The summed E-state index contributed by atoms with van der Waals surface area (Å²) in [5, 5.41) is 1.71. The topological polar surface area (TPSA) is 25.8 Å². The van der Waals surface area contributed by atoms with Gasteiger partial charge in [0.25, 0.3) is 0 Å². The molecule has 0 unspecified atom stereocenters. The third kappa shape index (κ3) is 1.64. The number of pyridine rings is 2. The van der Waals surface area contributed by atoms with Crippen LogP contribution in [0.5, 0.6) is 0 Å². The number of rotatable bonds is 0. The van der Waals surface area contributed by atoms with Crippen molar-refractivity contribution < 1.29 is 0 Å². The molecule has 0 fully saturated rings. The van der Waals surface area contributed by atoms with Crippen LogP contribution in [0.1, 0.15) is 0 Å². The Balaban J connectivity index is 2.92. The minimum atomic E-state index is 0.410. The first-order valence-corrected chi connectivity index (χ1v) is 4.98. The molecule has 2 heterocycles. The van der Waals surface area contributed by atoms with Crippen LogP contribution in [0.25, 0.3) is 10.9 Å². The average molecular weight is 278 g/mol. The second-order valence-corrected chi connectivity index (χ2v) is 4.10. The molecule has 0 aromatic carbocycles. The van der Waals surface area contributed by atoms with Crippen molar-refractivity contribution in [2.24, 2.45) is 0 Å².